The molecule has 26 heavy (non-hydrogen) atoms. The van der Waals surface area contributed by atoms with Crippen LogP contribution in [0.5, 0.6) is 5.75 Å². The first-order chi connectivity index (χ1) is 12.6. The van der Waals surface area contributed by atoms with E-state index in [0.29, 0.717) is 17.1 Å². The van der Waals surface area contributed by atoms with E-state index in [1.54, 1.807) is 13.2 Å². The number of nitrogens with two attached hydrogens (primary N) is 1. The first-order valence-corrected chi connectivity index (χ1v) is 8.60. The highest BCUT2D eigenvalue weighted by Gasteiger charge is 2.18. The molecule has 0 unspecified atom stereocenters. The van der Waals surface area contributed by atoms with E-state index in [2.05, 4.69) is 4.57 Å². The SMILES string of the molecule is COc1cccc(Cn2c3cccc(C(N)=O)c3c3cccc(Cl)c32)c1. The summed E-state index contributed by atoms with van der Waals surface area (Å²) >= 11 is 6.53. The second kappa shape index (κ2) is 6.39. The summed E-state index contributed by atoms with van der Waals surface area (Å²) in [4.78, 5) is 12.0. The molecule has 5 heteroatoms. The Bertz CT molecular complexity index is 1150. The summed E-state index contributed by atoms with van der Waals surface area (Å²) in [6, 6.07) is 19.2. The van der Waals surface area contributed by atoms with Gasteiger partial charge in [-0.25, -0.2) is 0 Å². The zero-order valence-corrected chi connectivity index (χ0v) is 15.0. The molecule has 1 aromatic heterocycles. The molecule has 0 fully saturated rings. The zero-order chi connectivity index (χ0) is 18.3. The van der Waals surface area contributed by atoms with Crippen LogP contribution in [0.1, 0.15) is 15.9 Å². The van der Waals surface area contributed by atoms with Gasteiger partial charge in [-0.2, -0.15) is 0 Å². The van der Waals surface area contributed by atoms with Gasteiger partial charge in [0, 0.05) is 22.9 Å². The molecule has 130 valence electrons. The standard InChI is InChI=1S/C21H17ClN2O2/c1-26-14-6-2-5-13(11-14)12-24-18-10-4-8-16(21(23)25)19(18)15-7-3-9-17(22)20(15)24/h2-11H,12H2,1H3,(H2,23,25). The highest BCUT2D eigenvalue weighted by molar-refractivity contribution is 6.37. The van der Waals surface area contributed by atoms with Crippen molar-refractivity contribution in [3.8, 4) is 5.75 Å². The van der Waals surface area contributed by atoms with Crippen molar-refractivity contribution >= 4 is 39.3 Å². The number of benzene rings is 3. The van der Waals surface area contributed by atoms with Gasteiger partial charge in [-0.15, -0.1) is 0 Å². The first-order valence-electron chi connectivity index (χ1n) is 8.22. The lowest BCUT2D eigenvalue weighted by atomic mass is 10.1. The summed E-state index contributed by atoms with van der Waals surface area (Å²) in [5.41, 5.74) is 9.00. The summed E-state index contributed by atoms with van der Waals surface area (Å²) in [5.74, 6) is 0.350. The van der Waals surface area contributed by atoms with Gasteiger partial charge in [-0.1, -0.05) is 41.9 Å². The number of carbonyl (C=O) groups excluding carboxylic acids is 1. The van der Waals surface area contributed by atoms with E-state index < -0.39 is 5.91 Å². The van der Waals surface area contributed by atoms with E-state index >= 15 is 0 Å². The fourth-order valence-corrected chi connectivity index (χ4v) is 3.76. The molecule has 0 aliphatic carbocycles. The average Bonchev–Trinajstić information content (AvgIpc) is 2.97. The van der Waals surface area contributed by atoms with Crippen molar-refractivity contribution in [2.45, 2.75) is 6.54 Å². The van der Waals surface area contributed by atoms with Gasteiger partial charge in [0.25, 0.3) is 0 Å². The van der Waals surface area contributed by atoms with Crippen molar-refractivity contribution < 1.29 is 9.53 Å². The highest BCUT2D eigenvalue weighted by Crippen LogP contribution is 2.36. The van der Waals surface area contributed by atoms with Crippen LogP contribution in [0.25, 0.3) is 21.8 Å². The molecule has 0 saturated heterocycles. The lowest BCUT2D eigenvalue weighted by molar-refractivity contribution is 0.100. The number of fused-ring (bicyclic) bond motifs is 3. The van der Waals surface area contributed by atoms with Crippen molar-refractivity contribution in [2.75, 3.05) is 7.11 Å². The third-order valence-corrected chi connectivity index (χ3v) is 4.90. The van der Waals surface area contributed by atoms with Crippen LogP contribution in [0, 0.1) is 0 Å². The minimum absolute atomic E-state index is 0.448. The molecule has 4 nitrogen and oxygen atoms in total. The van der Waals surface area contributed by atoms with Gasteiger partial charge in [0.05, 0.1) is 23.2 Å². The molecule has 0 aliphatic rings. The number of hydrogen-bond acceptors (Lipinski definition) is 2. The van der Waals surface area contributed by atoms with E-state index in [4.69, 9.17) is 22.1 Å². The quantitative estimate of drug-likeness (QED) is 0.575. The topological polar surface area (TPSA) is 57.2 Å². The van der Waals surface area contributed by atoms with Gasteiger partial charge < -0.3 is 15.0 Å². The molecule has 0 radical (unpaired) electrons. The van der Waals surface area contributed by atoms with Gasteiger partial charge >= 0.3 is 0 Å². The number of primary amides is 1. The Labute approximate surface area is 155 Å². The van der Waals surface area contributed by atoms with Crippen LogP contribution in [-0.4, -0.2) is 17.6 Å². The minimum atomic E-state index is -0.448. The van der Waals surface area contributed by atoms with E-state index in [9.17, 15) is 4.79 Å². The molecule has 0 aliphatic heterocycles. The molecule has 0 bridgehead atoms. The monoisotopic (exact) mass is 364 g/mol. The van der Waals surface area contributed by atoms with E-state index in [0.717, 1.165) is 33.1 Å². The van der Waals surface area contributed by atoms with Crippen molar-refractivity contribution in [3.63, 3.8) is 0 Å². The summed E-state index contributed by atoms with van der Waals surface area (Å²) in [6.45, 7) is 0.600. The summed E-state index contributed by atoms with van der Waals surface area (Å²) in [7, 11) is 1.65. The van der Waals surface area contributed by atoms with Crippen molar-refractivity contribution in [3.05, 3.63) is 76.8 Å². The van der Waals surface area contributed by atoms with Crippen LogP contribution >= 0.6 is 11.6 Å². The maximum Gasteiger partial charge on any atom is 0.249 e. The van der Waals surface area contributed by atoms with Crippen LogP contribution in [0.2, 0.25) is 5.02 Å². The molecule has 1 heterocycles. The summed E-state index contributed by atoms with van der Waals surface area (Å²) in [6.07, 6.45) is 0. The molecule has 0 atom stereocenters. The third-order valence-electron chi connectivity index (χ3n) is 4.60. The van der Waals surface area contributed by atoms with E-state index in [1.807, 2.05) is 54.6 Å². The molecule has 0 spiro atoms. The van der Waals surface area contributed by atoms with Gasteiger partial charge in [0.15, 0.2) is 0 Å². The van der Waals surface area contributed by atoms with Crippen LogP contribution in [0.4, 0.5) is 0 Å². The molecule has 4 aromatic rings. The summed E-state index contributed by atoms with van der Waals surface area (Å²) < 4.78 is 7.45. The van der Waals surface area contributed by atoms with Crippen molar-refractivity contribution in [1.29, 1.82) is 0 Å². The molecule has 2 N–H and O–H groups in total. The second-order valence-corrected chi connectivity index (χ2v) is 6.54. The Kier molecular flexibility index (Phi) is 4.05. The average molecular weight is 365 g/mol. The van der Waals surface area contributed by atoms with Crippen LogP contribution in [0.15, 0.2) is 60.7 Å². The fourth-order valence-electron chi connectivity index (χ4n) is 3.48. The maximum absolute atomic E-state index is 12.0. The maximum atomic E-state index is 12.0. The number of aromatic nitrogens is 1. The number of nitrogens with zero attached hydrogens (tertiary/aromatic N) is 1. The van der Waals surface area contributed by atoms with Gasteiger partial charge in [0.2, 0.25) is 5.91 Å². The van der Waals surface area contributed by atoms with Gasteiger partial charge in [-0.3, -0.25) is 4.79 Å². The number of ether oxygens (including phenoxy) is 1. The Morgan fingerprint density at radius 1 is 1.12 bits per heavy atom. The Morgan fingerprint density at radius 2 is 1.88 bits per heavy atom. The molecular formula is C21H17ClN2O2. The molecular weight excluding hydrogens is 348 g/mol. The number of rotatable bonds is 4. The molecule has 3 aromatic carbocycles. The van der Waals surface area contributed by atoms with Crippen LogP contribution in [0.3, 0.4) is 0 Å². The number of carbonyl (C=O) groups is 1. The number of hydrogen-bond donors (Lipinski definition) is 1. The predicted octanol–water partition coefficient (Wildman–Crippen LogP) is 4.60. The number of para-hydroxylation sites is 1. The minimum Gasteiger partial charge on any atom is -0.497 e. The van der Waals surface area contributed by atoms with Gasteiger partial charge in [0.1, 0.15) is 5.75 Å². The fraction of sp³-hybridized carbons (Fsp3) is 0.0952. The van der Waals surface area contributed by atoms with Crippen LogP contribution in [-0.2, 0) is 6.54 Å². The largest absolute Gasteiger partial charge is 0.497 e. The Morgan fingerprint density at radius 3 is 2.65 bits per heavy atom. The lowest BCUT2D eigenvalue weighted by Crippen LogP contribution is -2.11. The number of methoxy groups -OCH3 is 1. The third kappa shape index (κ3) is 2.59. The Hall–Kier alpha value is -2.98. The summed E-state index contributed by atoms with van der Waals surface area (Å²) in [5, 5.41) is 2.39. The normalized spacial score (nSPS) is 11.2. The number of halogens is 1. The number of amides is 1. The lowest BCUT2D eigenvalue weighted by Gasteiger charge is -2.10. The highest BCUT2D eigenvalue weighted by atomic mass is 35.5. The van der Waals surface area contributed by atoms with Gasteiger partial charge in [-0.05, 0) is 35.9 Å². The smallest absolute Gasteiger partial charge is 0.249 e. The van der Waals surface area contributed by atoms with E-state index in [-0.39, 0.29) is 0 Å². The molecule has 0 saturated carbocycles. The predicted molar refractivity (Wildman–Crippen MR) is 105 cm³/mol. The van der Waals surface area contributed by atoms with Crippen molar-refractivity contribution in [2.24, 2.45) is 5.73 Å². The van der Waals surface area contributed by atoms with Crippen LogP contribution < -0.4 is 10.5 Å². The van der Waals surface area contributed by atoms with Crippen molar-refractivity contribution in [1.82, 2.24) is 4.57 Å². The Balaban J connectivity index is 2.03. The molecule has 4 rings (SSSR count). The zero-order valence-electron chi connectivity index (χ0n) is 14.2. The molecule has 1 amide bonds. The van der Waals surface area contributed by atoms with E-state index in [1.165, 1.54) is 0 Å². The second-order valence-electron chi connectivity index (χ2n) is 6.14. The first kappa shape index (κ1) is 16.5.